The Bertz CT molecular complexity index is 300. The molecule has 18 heavy (non-hydrogen) atoms. The third-order valence-electron chi connectivity index (χ3n) is 2.99. The quantitative estimate of drug-likeness (QED) is 0.644. The fourth-order valence-electron chi connectivity index (χ4n) is 1.95. The number of benzene rings is 1. The van der Waals surface area contributed by atoms with E-state index in [-0.39, 0.29) is 0 Å². The molecule has 4 heteroatoms. The zero-order valence-electron chi connectivity index (χ0n) is 11.0. The van der Waals surface area contributed by atoms with Crippen LogP contribution in [0.4, 0.5) is 5.69 Å². The average molecular weight is 289 g/mol. The minimum Gasteiger partial charge on any atom is -0.371 e. The molecule has 0 unspecified atom stereocenters. The Kier molecular flexibility index (Phi) is 8.23. The predicted molar refractivity (Wildman–Crippen MR) is 82.2 cm³/mol. The highest BCUT2D eigenvalue weighted by molar-refractivity contribution is 6.18. The lowest BCUT2D eigenvalue weighted by molar-refractivity contribution is 0.313. The highest BCUT2D eigenvalue weighted by Gasteiger charge is 2.07. The number of hydrogen-bond donors (Lipinski definition) is 0. The zero-order valence-corrected chi connectivity index (χ0v) is 12.5. The first-order valence-corrected chi connectivity index (χ1v) is 7.53. The van der Waals surface area contributed by atoms with Crippen molar-refractivity contribution in [3.05, 3.63) is 30.3 Å². The molecule has 0 amide bonds. The van der Waals surface area contributed by atoms with Crippen LogP contribution < -0.4 is 4.90 Å². The molecule has 0 bridgehead atoms. The Balaban J connectivity index is 2.48. The maximum Gasteiger partial charge on any atom is 0.0366 e. The van der Waals surface area contributed by atoms with Crippen LogP contribution in [0.5, 0.6) is 0 Å². The van der Waals surface area contributed by atoms with Gasteiger partial charge >= 0.3 is 0 Å². The van der Waals surface area contributed by atoms with Crippen LogP contribution in [0.3, 0.4) is 0 Å². The normalized spacial score (nSPS) is 10.9. The van der Waals surface area contributed by atoms with E-state index in [9.17, 15) is 0 Å². The van der Waals surface area contributed by atoms with E-state index in [1.807, 2.05) is 6.07 Å². The minimum atomic E-state index is 0.661. The zero-order chi connectivity index (χ0) is 13.2. The molecule has 0 saturated carbocycles. The smallest absolute Gasteiger partial charge is 0.0366 e. The predicted octanol–water partition coefficient (Wildman–Crippen LogP) is 3.29. The Morgan fingerprint density at radius 1 is 0.889 bits per heavy atom. The molecule has 0 saturated heterocycles. The van der Waals surface area contributed by atoms with Crippen molar-refractivity contribution in [1.29, 1.82) is 0 Å². The van der Waals surface area contributed by atoms with Gasteiger partial charge in [-0.3, -0.25) is 4.90 Å². The van der Waals surface area contributed by atoms with E-state index in [0.29, 0.717) is 11.8 Å². The standard InChI is InChI=1S/C14H22Cl2N2/c1-2-18(14-6-4-3-5-7-14)13-12-17(10-8-15)11-9-16/h3-7H,2,8-13H2,1H3. The van der Waals surface area contributed by atoms with E-state index >= 15 is 0 Å². The summed E-state index contributed by atoms with van der Waals surface area (Å²) in [7, 11) is 0. The maximum absolute atomic E-state index is 5.80. The summed E-state index contributed by atoms with van der Waals surface area (Å²) in [5.41, 5.74) is 1.27. The molecule has 1 rings (SSSR count). The number of likely N-dealkylation sites (N-methyl/N-ethyl adjacent to an activating group) is 1. The summed E-state index contributed by atoms with van der Waals surface area (Å²) in [5.74, 6) is 1.32. The van der Waals surface area contributed by atoms with Gasteiger partial charge in [0.05, 0.1) is 0 Å². The average Bonchev–Trinajstić information content (AvgIpc) is 2.41. The maximum atomic E-state index is 5.80. The van der Waals surface area contributed by atoms with Crippen molar-refractivity contribution in [3.63, 3.8) is 0 Å². The number of rotatable bonds is 9. The Morgan fingerprint density at radius 2 is 1.50 bits per heavy atom. The summed E-state index contributed by atoms with van der Waals surface area (Å²) in [4.78, 5) is 4.68. The van der Waals surface area contributed by atoms with E-state index in [2.05, 4.69) is 41.0 Å². The first-order chi connectivity index (χ1) is 8.81. The number of anilines is 1. The third kappa shape index (κ3) is 5.47. The molecule has 0 spiro atoms. The Morgan fingerprint density at radius 3 is 2.00 bits per heavy atom. The summed E-state index contributed by atoms with van der Waals surface area (Å²) < 4.78 is 0. The van der Waals surface area contributed by atoms with Crippen LogP contribution in [0.2, 0.25) is 0 Å². The van der Waals surface area contributed by atoms with Crippen LogP contribution in [-0.2, 0) is 0 Å². The first kappa shape index (κ1) is 15.6. The van der Waals surface area contributed by atoms with Crippen molar-refractivity contribution in [3.8, 4) is 0 Å². The van der Waals surface area contributed by atoms with Gasteiger partial charge in [0.1, 0.15) is 0 Å². The molecule has 102 valence electrons. The molecular weight excluding hydrogens is 267 g/mol. The number of nitrogens with zero attached hydrogens (tertiary/aromatic N) is 2. The summed E-state index contributed by atoms with van der Waals surface area (Å²) >= 11 is 11.6. The van der Waals surface area contributed by atoms with Crippen LogP contribution in [-0.4, -0.2) is 49.4 Å². The topological polar surface area (TPSA) is 6.48 Å². The van der Waals surface area contributed by atoms with Gasteiger partial charge < -0.3 is 4.90 Å². The van der Waals surface area contributed by atoms with Gasteiger partial charge in [-0.1, -0.05) is 18.2 Å². The van der Waals surface area contributed by atoms with E-state index in [4.69, 9.17) is 23.2 Å². The second-order valence-electron chi connectivity index (χ2n) is 4.13. The molecule has 0 heterocycles. The summed E-state index contributed by atoms with van der Waals surface area (Å²) in [6.45, 7) is 7.01. The number of hydrogen-bond acceptors (Lipinski definition) is 2. The van der Waals surface area contributed by atoms with E-state index in [0.717, 1.165) is 32.7 Å². The van der Waals surface area contributed by atoms with Gasteiger partial charge in [-0.2, -0.15) is 0 Å². The molecule has 0 aliphatic rings. The van der Waals surface area contributed by atoms with E-state index < -0.39 is 0 Å². The van der Waals surface area contributed by atoms with Crippen LogP contribution in [0.1, 0.15) is 6.92 Å². The molecule has 2 nitrogen and oxygen atoms in total. The Hall–Kier alpha value is -0.440. The lowest BCUT2D eigenvalue weighted by Gasteiger charge is -2.27. The molecule has 0 fully saturated rings. The molecular formula is C14H22Cl2N2. The molecule has 0 radical (unpaired) electrons. The largest absolute Gasteiger partial charge is 0.371 e. The Labute approximate surface area is 120 Å². The van der Waals surface area contributed by atoms with E-state index in [1.165, 1.54) is 5.69 Å². The fourth-order valence-corrected chi connectivity index (χ4v) is 2.42. The van der Waals surface area contributed by atoms with Crippen LogP contribution in [0, 0.1) is 0 Å². The van der Waals surface area contributed by atoms with E-state index in [1.54, 1.807) is 0 Å². The molecule has 0 N–H and O–H groups in total. The lowest BCUT2D eigenvalue weighted by Crippen LogP contribution is -2.37. The van der Waals surface area contributed by atoms with Crippen LogP contribution in [0.15, 0.2) is 30.3 Å². The summed E-state index contributed by atoms with van der Waals surface area (Å²) in [5, 5.41) is 0. The van der Waals surface area contributed by atoms with Crippen LogP contribution in [0.25, 0.3) is 0 Å². The van der Waals surface area contributed by atoms with Gasteiger partial charge in [-0.05, 0) is 19.1 Å². The van der Waals surface area contributed by atoms with Crippen LogP contribution >= 0.6 is 23.2 Å². The molecule has 0 atom stereocenters. The first-order valence-electron chi connectivity index (χ1n) is 6.46. The molecule has 1 aromatic carbocycles. The number of halogens is 2. The van der Waals surface area contributed by atoms with Gasteiger partial charge in [0.15, 0.2) is 0 Å². The number of para-hydroxylation sites is 1. The van der Waals surface area contributed by atoms with Crippen molar-refractivity contribution >= 4 is 28.9 Å². The van der Waals surface area contributed by atoms with Gasteiger partial charge in [0.2, 0.25) is 0 Å². The fraction of sp³-hybridized carbons (Fsp3) is 0.571. The second-order valence-corrected chi connectivity index (χ2v) is 4.89. The van der Waals surface area contributed by atoms with Crippen molar-refractivity contribution in [2.45, 2.75) is 6.92 Å². The monoisotopic (exact) mass is 288 g/mol. The second kappa shape index (κ2) is 9.48. The van der Waals surface area contributed by atoms with Crippen molar-refractivity contribution < 1.29 is 0 Å². The summed E-state index contributed by atoms with van der Waals surface area (Å²) in [6.07, 6.45) is 0. The molecule has 0 aromatic heterocycles. The minimum absolute atomic E-state index is 0.661. The van der Waals surface area contributed by atoms with Crippen molar-refractivity contribution in [2.24, 2.45) is 0 Å². The molecule has 1 aromatic rings. The van der Waals surface area contributed by atoms with Crippen molar-refractivity contribution in [2.75, 3.05) is 49.4 Å². The van der Waals surface area contributed by atoms with Gasteiger partial charge in [-0.15, -0.1) is 23.2 Å². The number of alkyl halides is 2. The summed E-state index contributed by atoms with van der Waals surface area (Å²) in [6, 6.07) is 10.5. The van der Waals surface area contributed by atoms with Gasteiger partial charge in [-0.25, -0.2) is 0 Å². The molecule has 0 aliphatic heterocycles. The highest BCUT2D eigenvalue weighted by Crippen LogP contribution is 2.12. The highest BCUT2D eigenvalue weighted by atomic mass is 35.5. The van der Waals surface area contributed by atoms with Gasteiger partial charge in [0, 0.05) is 50.2 Å². The molecule has 0 aliphatic carbocycles. The van der Waals surface area contributed by atoms with Gasteiger partial charge in [0.25, 0.3) is 0 Å². The lowest BCUT2D eigenvalue weighted by atomic mass is 10.3. The SMILES string of the molecule is CCN(CCN(CCCl)CCCl)c1ccccc1. The van der Waals surface area contributed by atoms with Crippen molar-refractivity contribution in [1.82, 2.24) is 4.90 Å². The third-order valence-corrected chi connectivity index (χ3v) is 3.33.